The molecule has 1 aromatic carbocycles. The van der Waals surface area contributed by atoms with E-state index in [1.54, 1.807) is 24.3 Å². The quantitative estimate of drug-likeness (QED) is 0.584. The van der Waals surface area contributed by atoms with Gasteiger partial charge in [0, 0.05) is 6.04 Å². The van der Waals surface area contributed by atoms with Gasteiger partial charge in [-0.05, 0) is 11.6 Å². The normalized spacial score (nSPS) is 11.9. The van der Waals surface area contributed by atoms with Gasteiger partial charge in [0.15, 0.2) is 0 Å². The van der Waals surface area contributed by atoms with Gasteiger partial charge in [-0.15, -0.1) is 6.58 Å². The fourth-order valence-electron chi connectivity index (χ4n) is 1.21. The van der Waals surface area contributed by atoms with Crippen LogP contribution in [0.25, 0.3) is 0 Å². The number of benzene rings is 1. The zero-order chi connectivity index (χ0) is 10.6. The molecule has 1 aromatic rings. The van der Waals surface area contributed by atoms with E-state index < -0.39 is 0 Å². The molecule has 0 heterocycles. The molecular formula is C11H13NO2. The zero-order valence-electron chi connectivity index (χ0n) is 8.07. The van der Waals surface area contributed by atoms with Crippen LogP contribution in [0.4, 0.5) is 0 Å². The minimum atomic E-state index is -0.377. The Morgan fingerprint density at radius 2 is 2.21 bits per heavy atom. The van der Waals surface area contributed by atoms with Gasteiger partial charge in [-0.1, -0.05) is 24.3 Å². The Balaban J connectivity index is 3.15. The molecule has 0 aliphatic heterocycles. The van der Waals surface area contributed by atoms with Crippen LogP contribution in [0.15, 0.2) is 36.9 Å². The Morgan fingerprint density at radius 1 is 1.57 bits per heavy atom. The molecule has 0 spiro atoms. The summed E-state index contributed by atoms with van der Waals surface area (Å²) in [6.45, 7) is 3.59. The Bertz CT molecular complexity index is 347. The third-order valence-corrected chi connectivity index (χ3v) is 1.98. The van der Waals surface area contributed by atoms with Gasteiger partial charge in [0.2, 0.25) is 0 Å². The molecule has 0 aliphatic rings. The van der Waals surface area contributed by atoms with Crippen molar-refractivity contribution < 1.29 is 9.53 Å². The van der Waals surface area contributed by atoms with E-state index in [-0.39, 0.29) is 12.0 Å². The molecule has 1 atom stereocenters. The van der Waals surface area contributed by atoms with Gasteiger partial charge in [0.05, 0.1) is 12.7 Å². The molecule has 1 rings (SSSR count). The highest BCUT2D eigenvalue weighted by atomic mass is 16.5. The maximum absolute atomic E-state index is 11.3. The number of hydrogen-bond acceptors (Lipinski definition) is 3. The van der Waals surface area contributed by atoms with E-state index in [4.69, 9.17) is 5.73 Å². The van der Waals surface area contributed by atoms with Crippen LogP contribution in [0.5, 0.6) is 0 Å². The molecule has 14 heavy (non-hydrogen) atoms. The standard InChI is InChI=1S/C11H13NO2/c1-3-10(12)8-6-4-5-7-9(8)11(13)14-2/h3-7,10H,1,12H2,2H3/t10-/m1/s1. The van der Waals surface area contributed by atoms with Crippen LogP contribution in [0.3, 0.4) is 0 Å². The molecule has 0 saturated carbocycles. The van der Waals surface area contributed by atoms with E-state index in [1.807, 2.05) is 6.07 Å². The molecule has 0 unspecified atom stereocenters. The van der Waals surface area contributed by atoms with Crippen molar-refractivity contribution in [2.24, 2.45) is 5.73 Å². The summed E-state index contributed by atoms with van der Waals surface area (Å²) in [4.78, 5) is 11.3. The van der Waals surface area contributed by atoms with E-state index in [0.717, 1.165) is 5.56 Å². The van der Waals surface area contributed by atoms with Crippen molar-refractivity contribution in [3.63, 3.8) is 0 Å². The highest BCUT2D eigenvalue weighted by molar-refractivity contribution is 5.91. The largest absolute Gasteiger partial charge is 0.465 e. The number of esters is 1. The molecule has 3 heteroatoms. The van der Waals surface area contributed by atoms with Crippen LogP contribution in [0.1, 0.15) is 22.0 Å². The maximum atomic E-state index is 11.3. The number of methoxy groups -OCH3 is 1. The van der Waals surface area contributed by atoms with Gasteiger partial charge >= 0.3 is 5.97 Å². The lowest BCUT2D eigenvalue weighted by molar-refractivity contribution is 0.0599. The lowest BCUT2D eigenvalue weighted by Gasteiger charge is -2.10. The number of carbonyl (C=O) groups is 1. The summed E-state index contributed by atoms with van der Waals surface area (Å²) in [5.74, 6) is -0.377. The average molecular weight is 191 g/mol. The fourth-order valence-corrected chi connectivity index (χ4v) is 1.21. The van der Waals surface area contributed by atoms with Crippen LogP contribution < -0.4 is 5.73 Å². The van der Waals surface area contributed by atoms with Gasteiger partial charge in [-0.3, -0.25) is 0 Å². The van der Waals surface area contributed by atoms with E-state index in [2.05, 4.69) is 11.3 Å². The van der Waals surface area contributed by atoms with Crippen LogP contribution in [-0.4, -0.2) is 13.1 Å². The molecular weight excluding hydrogens is 178 g/mol. The predicted molar refractivity (Wildman–Crippen MR) is 54.9 cm³/mol. The van der Waals surface area contributed by atoms with Crippen molar-refractivity contribution in [3.8, 4) is 0 Å². The predicted octanol–water partition coefficient (Wildman–Crippen LogP) is 1.66. The number of nitrogens with two attached hydrogens (primary N) is 1. The summed E-state index contributed by atoms with van der Waals surface area (Å²) < 4.78 is 4.64. The van der Waals surface area contributed by atoms with E-state index >= 15 is 0 Å². The molecule has 0 amide bonds. The van der Waals surface area contributed by atoms with Crippen molar-refractivity contribution in [1.82, 2.24) is 0 Å². The summed E-state index contributed by atoms with van der Waals surface area (Å²) in [5, 5.41) is 0. The molecule has 0 aliphatic carbocycles. The number of carbonyl (C=O) groups excluding carboxylic acids is 1. The lowest BCUT2D eigenvalue weighted by atomic mass is 10.0. The number of hydrogen-bond donors (Lipinski definition) is 1. The Labute approximate surface area is 83.2 Å². The molecule has 2 N–H and O–H groups in total. The van der Waals surface area contributed by atoms with Crippen molar-refractivity contribution in [2.45, 2.75) is 6.04 Å². The van der Waals surface area contributed by atoms with Crippen molar-refractivity contribution >= 4 is 5.97 Å². The molecule has 0 saturated heterocycles. The number of rotatable bonds is 3. The molecule has 0 bridgehead atoms. The topological polar surface area (TPSA) is 52.3 Å². The van der Waals surface area contributed by atoms with E-state index in [9.17, 15) is 4.79 Å². The highest BCUT2D eigenvalue weighted by Crippen LogP contribution is 2.17. The number of ether oxygens (including phenoxy) is 1. The zero-order valence-corrected chi connectivity index (χ0v) is 8.07. The first-order chi connectivity index (χ1) is 6.70. The molecule has 3 nitrogen and oxygen atoms in total. The lowest BCUT2D eigenvalue weighted by Crippen LogP contribution is -2.13. The first-order valence-electron chi connectivity index (χ1n) is 4.26. The Kier molecular flexibility index (Phi) is 3.42. The second-order valence-corrected chi connectivity index (χ2v) is 2.84. The first kappa shape index (κ1) is 10.5. The third kappa shape index (κ3) is 2.00. The smallest absolute Gasteiger partial charge is 0.338 e. The maximum Gasteiger partial charge on any atom is 0.338 e. The monoisotopic (exact) mass is 191 g/mol. The third-order valence-electron chi connectivity index (χ3n) is 1.98. The molecule has 0 aromatic heterocycles. The van der Waals surface area contributed by atoms with Crippen molar-refractivity contribution in [3.05, 3.63) is 48.0 Å². The van der Waals surface area contributed by atoms with E-state index in [1.165, 1.54) is 7.11 Å². The van der Waals surface area contributed by atoms with Crippen LogP contribution >= 0.6 is 0 Å². The van der Waals surface area contributed by atoms with E-state index in [0.29, 0.717) is 5.56 Å². The van der Waals surface area contributed by atoms with Gasteiger partial charge in [0.25, 0.3) is 0 Å². The van der Waals surface area contributed by atoms with Gasteiger partial charge in [-0.25, -0.2) is 4.79 Å². The van der Waals surface area contributed by atoms with Gasteiger partial charge < -0.3 is 10.5 Å². The minimum Gasteiger partial charge on any atom is -0.465 e. The minimum absolute atomic E-state index is 0.342. The fraction of sp³-hybridized carbons (Fsp3) is 0.182. The van der Waals surface area contributed by atoms with Crippen LogP contribution in [0, 0.1) is 0 Å². The van der Waals surface area contributed by atoms with Gasteiger partial charge in [-0.2, -0.15) is 0 Å². The van der Waals surface area contributed by atoms with Gasteiger partial charge in [0.1, 0.15) is 0 Å². The summed E-state index contributed by atoms with van der Waals surface area (Å²) in [5.41, 5.74) is 6.98. The van der Waals surface area contributed by atoms with Crippen molar-refractivity contribution in [1.29, 1.82) is 0 Å². The SMILES string of the molecule is C=C[C@@H](N)c1ccccc1C(=O)OC. The summed E-state index contributed by atoms with van der Waals surface area (Å²) in [7, 11) is 1.35. The first-order valence-corrected chi connectivity index (χ1v) is 4.26. The Hall–Kier alpha value is -1.61. The summed E-state index contributed by atoms with van der Waals surface area (Å²) in [6, 6.07) is 6.73. The highest BCUT2D eigenvalue weighted by Gasteiger charge is 2.13. The average Bonchev–Trinajstić information content (AvgIpc) is 2.27. The molecule has 0 radical (unpaired) electrons. The van der Waals surface area contributed by atoms with Crippen molar-refractivity contribution in [2.75, 3.05) is 7.11 Å². The molecule has 74 valence electrons. The summed E-state index contributed by atoms with van der Waals surface area (Å²) in [6.07, 6.45) is 1.59. The Morgan fingerprint density at radius 3 is 2.79 bits per heavy atom. The van der Waals surface area contributed by atoms with Crippen LogP contribution in [0.2, 0.25) is 0 Å². The molecule has 0 fully saturated rings. The summed E-state index contributed by atoms with van der Waals surface area (Å²) >= 11 is 0. The second-order valence-electron chi connectivity index (χ2n) is 2.84. The van der Waals surface area contributed by atoms with Crippen LogP contribution in [-0.2, 0) is 4.74 Å². The second kappa shape index (κ2) is 4.58.